The van der Waals surface area contributed by atoms with Crippen molar-refractivity contribution in [1.29, 1.82) is 0 Å². The molecule has 1 saturated carbocycles. The van der Waals surface area contributed by atoms with Gasteiger partial charge >= 0.3 is 0 Å². The summed E-state index contributed by atoms with van der Waals surface area (Å²) < 4.78 is 5.18. The van der Waals surface area contributed by atoms with Crippen LogP contribution in [-0.4, -0.2) is 24.1 Å². The smallest absolute Gasteiger partial charge is 0.0571 e. The van der Waals surface area contributed by atoms with Gasteiger partial charge in [-0.05, 0) is 25.7 Å². The summed E-state index contributed by atoms with van der Waals surface area (Å²) >= 11 is 0. The molecule has 3 nitrogen and oxygen atoms in total. The van der Waals surface area contributed by atoms with Gasteiger partial charge in [-0.3, -0.25) is 0 Å². The van der Waals surface area contributed by atoms with Crippen molar-refractivity contribution in [2.45, 2.75) is 25.7 Å². The van der Waals surface area contributed by atoms with Crippen molar-refractivity contribution in [2.24, 2.45) is 10.6 Å². The van der Waals surface area contributed by atoms with Crippen LogP contribution in [0.25, 0.3) is 0 Å². The standard InChI is InChI=1S/C8H13NO2/c10-9-7-1-3-8(4-2-7)5-11-6-8/h10H,1-6H2. The van der Waals surface area contributed by atoms with Gasteiger partial charge in [0.25, 0.3) is 0 Å². The summed E-state index contributed by atoms with van der Waals surface area (Å²) in [6.45, 7) is 1.84. The van der Waals surface area contributed by atoms with Crippen molar-refractivity contribution in [3.8, 4) is 0 Å². The molecule has 1 aliphatic heterocycles. The van der Waals surface area contributed by atoms with Gasteiger partial charge in [-0.2, -0.15) is 0 Å². The van der Waals surface area contributed by atoms with E-state index in [4.69, 9.17) is 9.94 Å². The van der Waals surface area contributed by atoms with Crippen molar-refractivity contribution in [3.05, 3.63) is 0 Å². The normalized spacial score (nSPS) is 28.2. The maximum Gasteiger partial charge on any atom is 0.0571 e. The quantitative estimate of drug-likeness (QED) is 0.424. The maximum absolute atomic E-state index is 8.51. The third-order valence-corrected chi connectivity index (χ3v) is 2.85. The minimum atomic E-state index is 0.466. The molecular weight excluding hydrogens is 142 g/mol. The van der Waals surface area contributed by atoms with E-state index in [0.29, 0.717) is 5.41 Å². The Labute approximate surface area is 66.0 Å². The topological polar surface area (TPSA) is 41.8 Å². The first-order valence-electron chi connectivity index (χ1n) is 4.12. The highest BCUT2D eigenvalue weighted by Crippen LogP contribution is 2.41. The molecule has 0 atom stereocenters. The van der Waals surface area contributed by atoms with Crippen molar-refractivity contribution in [1.82, 2.24) is 0 Å². The van der Waals surface area contributed by atoms with Gasteiger partial charge in [0.1, 0.15) is 0 Å². The fraction of sp³-hybridized carbons (Fsp3) is 0.875. The van der Waals surface area contributed by atoms with E-state index < -0.39 is 0 Å². The molecule has 2 fully saturated rings. The molecule has 0 radical (unpaired) electrons. The zero-order valence-corrected chi connectivity index (χ0v) is 6.55. The Bertz CT molecular complexity index is 173. The molecule has 1 heterocycles. The van der Waals surface area contributed by atoms with Crippen molar-refractivity contribution in [3.63, 3.8) is 0 Å². The molecule has 0 amide bonds. The van der Waals surface area contributed by atoms with Gasteiger partial charge in [0.05, 0.1) is 18.9 Å². The van der Waals surface area contributed by atoms with E-state index in [1.807, 2.05) is 0 Å². The lowest BCUT2D eigenvalue weighted by molar-refractivity contribution is -0.123. The molecule has 0 bridgehead atoms. The van der Waals surface area contributed by atoms with E-state index in [1.54, 1.807) is 0 Å². The lowest BCUT2D eigenvalue weighted by Crippen LogP contribution is -2.45. The maximum atomic E-state index is 8.51. The average molecular weight is 155 g/mol. The number of nitrogens with zero attached hydrogens (tertiary/aromatic N) is 1. The number of rotatable bonds is 0. The number of oxime groups is 1. The minimum Gasteiger partial charge on any atom is -0.411 e. The lowest BCUT2D eigenvalue weighted by atomic mass is 9.72. The first-order chi connectivity index (χ1) is 5.35. The first kappa shape index (κ1) is 7.10. The third-order valence-electron chi connectivity index (χ3n) is 2.85. The molecule has 62 valence electrons. The Morgan fingerprint density at radius 1 is 1.27 bits per heavy atom. The van der Waals surface area contributed by atoms with Crippen LogP contribution in [0.2, 0.25) is 0 Å². The fourth-order valence-corrected chi connectivity index (χ4v) is 1.85. The van der Waals surface area contributed by atoms with Crippen molar-refractivity contribution in [2.75, 3.05) is 13.2 Å². The number of hydrogen-bond acceptors (Lipinski definition) is 3. The van der Waals surface area contributed by atoms with E-state index >= 15 is 0 Å². The van der Waals surface area contributed by atoms with Crippen molar-refractivity contribution < 1.29 is 9.94 Å². The van der Waals surface area contributed by atoms with E-state index in [9.17, 15) is 0 Å². The van der Waals surface area contributed by atoms with Crippen LogP contribution in [0.4, 0.5) is 0 Å². The Balaban J connectivity index is 1.94. The molecule has 1 spiro atoms. The monoisotopic (exact) mass is 155 g/mol. The van der Waals surface area contributed by atoms with Gasteiger partial charge in [0.2, 0.25) is 0 Å². The zero-order valence-electron chi connectivity index (χ0n) is 6.55. The Hall–Kier alpha value is -0.570. The Kier molecular flexibility index (Phi) is 1.60. The highest BCUT2D eigenvalue weighted by Gasteiger charge is 2.40. The van der Waals surface area contributed by atoms with Crippen LogP contribution in [-0.2, 0) is 4.74 Å². The van der Waals surface area contributed by atoms with Crippen LogP contribution in [0.15, 0.2) is 5.16 Å². The number of ether oxygens (including phenoxy) is 1. The van der Waals surface area contributed by atoms with Crippen molar-refractivity contribution >= 4 is 5.71 Å². The second-order valence-corrected chi connectivity index (χ2v) is 3.66. The highest BCUT2D eigenvalue weighted by atomic mass is 16.5. The first-order valence-corrected chi connectivity index (χ1v) is 4.12. The average Bonchev–Trinajstić information content (AvgIpc) is 2.02. The van der Waals surface area contributed by atoms with Crippen LogP contribution in [0, 0.1) is 5.41 Å². The molecule has 1 saturated heterocycles. The third kappa shape index (κ3) is 1.13. The summed E-state index contributed by atoms with van der Waals surface area (Å²) in [6, 6.07) is 0. The SMILES string of the molecule is ON=C1CCC2(CC1)COC2. The predicted molar refractivity (Wildman–Crippen MR) is 40.9 cm³/mol. The van der Waals surface area contributed by atoms with Gasteiger partial charge in [0.15, 0.2) is 0 Å². The van der Waals surface area contributed by atoms with Crippen LogP contribution < -0.4 is 0 Å². The summed E-state index contributed by atoms with van der Waals surface area (Å²) in [5.74, 6) is 0. The zero-order chi connectivity index (χ0) is 7.73. The van der Waals surface area contributed by atoms with Crippen LogP contribution in [0.5, 0.6) is 0 Å². The minimum absolute atomic E-state index is 0.466. The van der Waals surface area contributed by atoms with E-state index in [1.165, 1.54) is 0 Å². The molecule has 0 unspecified atom stereocenters. The largest absolute Gasteiger partial charge is 0.411 e. The van der Waals surface area contributed by atoms with Gasteiger partial charge in [0, 0.05) is 5.41 Å². The van der Waals surface area contributed by atoms with E-state index in [2.05, 4.69) is 5.16 Å². The molecule has 0 aromatic rings. The lowest BCUT2D eigenvalue weighted by Gasteiger charge is -2.44. The summed E-state index contributed by atoms with van der Waals surface area (Å²) in [4.78, 5) is 0. The van der Waals surface area contributed by atoms with Gasteiger partial charge < -0.3 is 9.94 Å². The molecule has 1 aliphatic carbocycles. The molecule has 0 aromatic heterocycles. The molecule has 3 heteroatoms. The van der Waals surface area contributed by atoms with Gasteiger partial charge in [-0.15, -0.1) is 0 Å². The molecular formula is C8H13NO2. The summed E-state index contributed by atoms with van der Waals surface area (Å²) in [5, 5.41) is 11.8. The Morgan fingerprint density at radius 2 is 1.91 bits per heavy atom. The molecule has 1 N–H and O–H groups in total. The fourth-order valence-electron chi connectivity index (χ4n) is 1.85. The van der Waals surface area contributed by atoms with Gasteiger partial charge in [-0.25, -0.2) is 0 Å². The second-order valence-electron chi connectivity index (χ2n) is 3.66. The van der Waals surface area contributed by atoms with Gasteiger partial charge in [-0.1, -0.05) is 5.16 Å². The van der Waals surface area contributed by atoms with Crippen LogP contribution >= 0.6 is 0 Å². The summed E-state index contributed by atoms with van der Waals surface area (Å²) in [5.41, 5.74) is 1.43. The predicted octanol–water partition coefficient (Wildman–Crippen LogP) is 1.41. The summed E-state index contributed by atoms with van der Waals surface area (Å²) in [6.07, 6.45) is 4.21. The van der Waals surface area contributed by atoms with Crippen LogP contribution in [0.3, 0.4) is 0 Å². The molecule has 2 rings (SSSR count). The summed E-state index contributed by atoms with van der Waals surface area (Å²) in [7, 11) is 0. The highest BCUT2D eigenvalue weighted by molar-refractivity contribution is 5.84. The Morgan fingerprint density at radius 3 is 2.27 bits per heavy atom. The van der Waals surface area contributed by atoms with E-state index in [0.717, 1.165) is 44.6 Å². The molecule has 11 heavy (non-hydrogen) atoms. The van der Waals surface area contributed by atoms with E-state index in [-0.39, 0.29) is 0 Å². The molecule has 0 aromatic carbocycles. The molecule has 2 aliphatic rings. The number of hydrogen-bond donors (Lipinski definition) is 1. The second kappa shape index (κ2) is 2.48. The van der Waals surface area contributed by atoms with Crippen LogP contribution in [0.1, 0.15) is 25.7 Å².